The van der Waals surface area contributed by atoms with Gasteiger partial charge in [-0.15, -0.1) is 0 Å². The summed E-state index contributed by atoms with van der Waals surface area (Å²) in [4.78, 5) is 0. The number of hydrogen-bond donors (Lipinski definition) is 0. The summed E-state index contributed by atoms with van der Waals surface area (Å²) in [6.45, 7) is 0. The third kappa shape index (κ3) is 9.34. The zero-order valence-corrected chi connectivity index (χ0v) is 6.98. The van der Waals surface area contributed by atoms with Gasteiger partial charge in [0.25, 0.3) is 0 Å². The Balaban J connectivity index is 0. The zero-order valence-electron chi connectivity index (χ0n) is 1.78. The molecule has 0 aromatic heterocycles. The van der Waals surface area contributed by atoms with E-state index in [9.17, 15) is 0 Å². The molecule has 0 aliphatic carbocycles. The van der Waals surface area contributed by atoms with Gasteiger partial charge in [-0.1, -0.05) is 0 Å². The molecular formula is H3Cl2PPt. The minimum absolute atomic E-state index is 0. The molecule has 0 aliphatic heterocycles. The predicted molar refractivity (Wildman–Crippen MR) is 22.8 cm³/mol. The van der Waals surface area contributed by atoms with Crippen LogP contribution in [0.25, 0.3) is 0 Å². The molecule has 0 spiro atoms. The van der Waals surface area contributed by atoms with Crippen molar-refractivity contribution in [2.45, 2.75) is 0 Å². The molecule has 0 heterocycles. The molecule has 1 atom stereocenters. The van der Waals surface area contributed by atoms with Crippen LogP contribution in [0.1, 0.15) is 0 Å². The van der Waals surface area contributed by atoms with Gasteiger partial charge in [-0.05, 0) is 0 Å². The quantitative estimate of drug-likeness (QED) is 0.594. The summed E-state index contributed by atoms with van der Waals surface area (Å²) in [7, 11) is 9.75. The van der Waals surface area contributed by atoms with Crippen molar-refractivity contribution in [3.8, 4) is 0 Å². The van der Waals surface area contributed by atoms with E-state index in [1.807, 2.05) is 0 Å². The first-order valence-corrected chi connectivity index (χ1v) is 5.87. The Morgan fingerprint density at radius 2 is 1.25 bits per heavy atom. The van der Waals surface area contributed by atoms with Crippen LogP contribution in [0.3, 0.4) is 0 Å². The summed E-state index contributed by atoms with van der Waals surface area (Å²) < 4.78 is 0. The first-order chi connectivity index (χ1) is 1.41. The third-order valence-electron chi connectivity index (χ3n) is 0. The molecule has 0 aromatic carbocycles. The monoisotopic (exact) mass is 299 g/mol. The van der Waals surface area contributed by atoms with Gasteiger partial charge in [0.15, 0.2) is 0 Å². The summed E-state index contributed by atoms with van der Waals surface area (Å²) in [5.41, 5.74) is 0. The van der Waals surface area contributed by atoms with Gasteiger partial charge in [-0.3, -0.25) is 0 Å². The van der Waals surface area contributed by atoms with Crippen LogP contribution < -0.4 is 0 Å². The van der Waals surface area contributed by atoms with Crippen molar-refractivity contribution in [1.82, 2.24) is 0 Å². The molecule has 0 fully saturated rings. The minimum atomic E-state index is -0.472. The second kappa shape index (κ2) is 8.83. The van der Waals surface area contributed by atoms with E-state index in [1.165, 1.54) is 0 Å². The summed E-state index contributed by atoms with van der Waals surface area (Å²) >= 11 is -0.472. The van der Waals surface area contributed by atoms with E-state index in [4.69, 9.17) is 18.8 Å². The second-order valence-electron chi connectivity index (χ2n) is 0.0452. The van der Waals surface area contributed by atoms with Crippen LogP contribution in [0, 0.1) is 0 Å². The molecule has 4 heteroatoms. The van der Waals surface area contributed by atoms with Gasteiger partial charge in [0, 0.05) is 0 Å². The van der Waals surface area contributed by atoms with Crippen LogP contribution in [0.4, 0.5) is 0 Å². The summed E-state index contributed by atoms with van der Waals surface area (Å²) in [5.74, 6) is 0. The van der Waals surface area contributed by atoms with Crippen LogP contribution in [-0.4, -0.2) is 0 Å². The standard InChI is InChI=1S/2ClH.H3P.Pt/h2*1H;1H3;/q;;;+2/p-2. The zero-order chi connectivity index (χ0) is 2.71. The molecule has 1 unspecified atom stereocenters. The van der Waals surface area contributed by atoms with Crippen LogP contribution in [0.15, 0.2) is 0 Å². The van der Waals surface area contributed by atoms with Crippen molar-refractivity contribution in [2.24, 2.45) is 0 Å². The molecule has 0 N–H and O–H groups in total. The van der Waals surface area contributed by atoms with Gasteiger partial charge in [-0.25, -0.2) is 0 Å². The average molecular weight is 300 g/mol. The van der Waals surface area contributed by atoms with E-state index < -0.39 is 16.5 Å². The van der Waals surface area contributed by atoms with Crippen molar-refractivity contribution >= 4 is 28.7 Å². The molecule has 0 nitrogen and oxygen atoms in total. The van der Waals surface area contributed by atoms with Gasteiger partial charge >= 0.3 is 35.3 Å². The molecule has 0 radical (unpaired) electrons. The first-order valence-electron chi connectivity index (χ1n) is 0.239. The van der Waals surface area contributed by atoms with Crippen LogP contribution >= 0.6 is 28.7 Å². The van der Waals surface area contributed by atoms with Gasteiger partial charge in [-0.2, -0.15) is 9.90 Å². The maximum absolute atomic E-state index is 4.88. The molecule has 0 aromatic rings. The van der Waals surface area contributed by atoms with Crippen LogP contribution in [0.5, 0.6) is 0 Å². The Hall–Kier alpha value is 1.70. The summed E-state index contributed by atoms with van der Waals surface area (Å²) in [6, 6.07) is 0. The van der Waals surface area contributed by atoms with Crippen molar-refractivity contribution in [1.29, 1.82) is 0 Å². The molecule has 4 heavy (non-hydrogen) atoms. The summed E-state index contributed by atoms with van der Waals surface area (Å²) in [5, 5.41) is 0. The van der Waals surface area contributed by atoms with Crippen LogP contribution in [-0.2, 0) is 16.5 Å². The first kappa shape index (κ1) is 9.20. The fourth-order valence-electron chi connectivity index (χ4n) is 0. The summed E-state index contributed by atoms with van der Waals surface area (Å²) in [6.07, 6.45) is 0. The second-order valence-corrected chi connectivity index (χ2v) is 3.33. The predicted octanol–water partition coefficient (Wildman–Crippen LogP) is 1.43. The van der Waals surface area contributed by atoms with Gasteiger partial charge < -0.3 is 0 Å². The van der Waals surface area contributed by atoms with Crippen LogP contribution in [0.2, 0.25) is 0 Å². The van der Waals surface area contributed by atoms with E-state index in [-0.39, 0.29) is 9.90 Å². The van der Waals surface area contributed by atoms with Crippen molar-refractivity contribution in [2.75, 3.05) is 0 Å². The number of rotatable bonds is 0. The van der Waals surface area contributed by atoms with Crippen molar-refractivity contribution in [3.63, 3.8) is 0 Å². The molecule has 0 aliphatic rings. The Kier molecular flexibility index (Phi) is 20.3. The fraction of sp³-hybridized carbons (Fsp3) is 0. The molecule has 32 valence electrons. The van der Waals surface area contributed by atoms with E-state index in [0.717, 1.165) is 0 Å². The van der Waals surface area contributed by atoms with Crippen molar-refractivity contribution < 1.29 is 16.5 Å². The third-order valence-corrected chi connectivity index (χ3v) is 0. The van der Waals surface area contributed by atoms with Gasteiger partial charge in [0.05, 0.1) is 0 Å². The number of halogens is 2. The molecule has 0 bridgehead atoms. The normalized spacial score (nSPS) is 5.50. The SMILES string of the molecule is P.[Cl][Pt][Cl]. The van der Waals surface area contributed by atoms with E-state index in [2.05, 4.69) is 0 Å². The molecular weight excluding hydrogens is 297 g/mol. The van der Waals surface area contributed by atoms with E-state index >= 15 is 0 Å². The number of hydrogen-bond acceptors (Lipinski definition) is 0. The van der Waals surface area contributed by atoms with Crippen molar-refractivity contribution in [3.05, 3.63) is 0 Å². The maximum atomic E-state index is 4.88. The molecule has 0 rings (SSSR count). The Labute approximate surface area is 45.3 Å². The molecule has 0 amide bonds. The molecule has 0 saturated carbocycles. The Bertz CT molecular complexity index is 6.00. The van der Waals surface area contributed by atoms with E-state index in [0.29, 0.717) is 0 Å². The van der Waals surface area contributed by atoms with Gasteiger partial charge in [0.2, 0.25) is 0 Å². The average Bonchev–Trinajstić information content (AvgIpc) is 0.918. The Morgan fingerprint density at radius 3 is 1.25 bits per heavy atom. The van der Waals surface area contributed by atoms with Gasteiger partial charge in [0.1, 0.15) is 0 Å². The van der Waals surface area contributed by atoms with E-state index in [1.54, 1.807) is 0 Å². The topological polar surface area (TPSA) is 0 Å². The fourth-order valence-corrected chi connectivity index (χ4v) is 0. The Morgan fingerprint density at radius 1 is 1.25 bits per heavy atom. The molecule has 0 saturated heterocycles.